The third-order valence-corrected chi connectivity index (χ3v) is 13.9. The number of anilines is 3. The molecule has 4 fully saturated rings. The molecule has 2 saturated carbocycles. The van der Waals surface area contributed by atoms with Crippen molar-refractivity contribution < 1.29 is 37.5 Å². The highest BCUT2D eigenvalue weighted by atomic mass is 19.3. The fraction of sp³-hybridized carbons (Fsp3) is 0.568. The number of nitrogens with two attached hydrogens (primary N) is 1. The van der Waals surface area contributed by atoms with Crippen LogP contribution in [0.15, 0.2) is 42.9 Å². The van der Waals surface area contributed by atoms with E-state index in [2.05, 4.69) is 43.1 Å². The number of benzene rings is 1. The van der Waals surface area contributed by atoms with Gasteiger partial charge < -0.3 is 36.6 Å². The van der Waals surface area contributed by atoms with Crippen LogP contribution in [0.2, 0.25) is 0 Å². The maximum Gasteiger partial charge on any atom is 0.284 e. The van der Waals surface area contributed by atoms with E-state index in [-0.39, 0.29) is 66.0 Å². The Hall–Kier alpha value is -5.40. The van der Waals surface area contributed by atoms with Gasteiger partial charge >= 0.3 is 0 Å². The summed E-state index contributed by atoms with van der Waals surface area (Å²) in [6.07, 6.45) is 7.24. The number of aliphatic hydroxyl groups is 1. The lowest BCUT2D eigenvalue weighted by Crippen LogP contribution is -2.48. The number of carbonyl (C=O) groups is 4. The number of aliphatic hydroxyl groups excluding tert-OH is 1. The molecule has 336 valence electrons. The Morgan fingerprint density at radius 3 is 2.51 bits per heavy atom. The maximum absolute atomic E-state index is 14.3. The number of nitrogens with zero attached hydrogens (tertiary/aromatic N) is 7. The number of alkyl halides is 3. The molecule has 0 bridgehead atoms. The molecule has 4 aromatic rings. The van der Waals surface area contributed by atoms with E-state index in [4.69, 9.17) is 5.73 Å². The summed E-state index contributed by atoms with van der Waals surface area (Å²) in [6, 6.07) is 6.96. The van der Waals surface area contributed by atoms with Crippen LogP contribution >= 0.6 is 0 Å². The number of amides is 2. The van der Waals surface area contributed by atoms with E-state index in [0.29, 0.717) is 47.6 Å². The Balaban J connectivity index is 0.768. The van der Waals surface area contributed by atoms with E-state index < -0.39 is 48.2 Å². The van der Waals surface area contributed by atoms with Crippen LogP contribution in [0.4, 0.5) is 30.4 Å². The summed E-state index contributed by atoms with van der Waals surface area (Å²) >= 11 is 0. The van der Waals surface area contributed by atoms with Crippen LogP contribution in [0.3, 0.4) is 0 Å². The topological polar surface area (TPSA) is 205 Å². The molecule has 9 rings (SSSR count). The number of Topliss-reactive ketones (excluding diaryl/α,β-unsaturated/α-hetero) is 2. The molecule has 5 heterocycles. The van der Waals surface area contributed by atoms with Gasteiger partial charge in [0.05, 0.1) is 41.9 Å². The number of rotatable bonds is 11. The highest BCUT2D eigenvalue weighted by molar-refractivity contribution is 6.29. The number of nitrogens with one attached hydrogen (secondary N) is 3. The Morgan fingerprint density at radius 2 is 1.78 bits per heavy atom. The number of hydrogen-bond acceptors (Lipinski definition) is 12. The van der Waals surface area contributed by atoms with Gasteiger partial charge in [0.1, 0.15) is 23.8 Å². The largest absolute Gasteiger partial charge is 0.382 e. The number of halogens is 3. The number of piperidine rings is 2. The zero-order valence-corrected chi connectivity index (χ0v) is 35.1. The first-order chi connectivity index (χ1) is 30.3. The van der Waals surface area contributed by atoms with Crippen LogP contribution in [0.1, 0.15) is 120 Å². The van der Waals surface area contributed by atoms with Crippen molar-refractivity contribution >= 4 is 46.2 Å². The van der Waals surface area contributed by atoms with Crippen LogP contribution in [0.5, 0.6) is 0 Å². The highest BCUT2D eigenvalue weighted by Gasteiger charge is 2.48. The highest BCUT2D eigenvalue weighted by Crippen LogP contribution is 2.40. The summed E-state index contributed by atoms with van der Waals surface area (Å²) in [5.41, 5.74) is 7.06. The average Bonchev–Trinajstić information content (AvgIpc) is 3.95. The summed E-state index contributed by atoms with van der Waals surface area (Å²) in [4.78, 5) is 62.0. The molecular formula is C44H54F3N11O5. The minimum Gasteiger partial charge on any atom is -0.382 e. The lowest BCUT2D eigenvalue weighted by Gasteiger charge is -2.38. The number of aromatic nitrogens is 5. The molecule has 6 N–H and O–H groups in total. The van der Waals surface area contributed by atoms with Gasteiger partial charge in [0.25, 0.3) is 12.3 Å². The Labute approximate surface area is 362 Å². The molecule has 2 amide bonds. The molecule has 1 aromatic carbocycles. The van der Waals surface area contributed by atoms with Crippen molar-refractivity contribution in [3.63, 3.8) is 0 Å². The van der Waals surface area contributed by atoms with Gasteiger partial charge in [-0.2, -0.15) is 10.2 Å². The molecule has 3 aliphatic carbocycles. The molecule has 2 aliphatic heterocycles. The van der Waals surface area contributed by atoms with Gasteiger partial charge in [-0.3, -0.25) is 23.9 Å². The predicted molar refractivity (Wildman–Crippen MR) is 227 cm³/mol. The fourth-order valence-electron chi connectivity index (χ4n) is 10.6. The minimum absolute atomic E-state index is 0.0735. The lowest BCUT2D eigenvalue weighted by molar-refractivity contribution is -0.132. The van der Waals surface area contributed by atoms with Crippen LogP contribution in [-0.4, -0.2) is 115 Å². The van der Waals surface area contributed by atoms with Crippen molar-refractivity contribution in [2.75, 3.05) is 42.2 Å². The summed E-state index contributed by atoms with van der Waals surface area (Å²) in [5.74, 6) is -2.80. The third kappa shape index (κ3) is 8.66. The second-order valence-corrected chi connectivity index (χ2v) is 18.2. The zero-order chi connectivity index (χ0) is 44.1. The standard InChI is InChI=1S/C44H54F3N11O5/c1-55(27-11-7-26(8-12-27)50-32-4-2-3-29-36(32)40(61)37(39(29)60)30-13-14-35(59)53-43(30)62)19-23-5-9-28(10-6-23)58-22-33(38(54-58)41(46)47)51-44(63)31-18-49-57-16-15-34(52-42(31)57)56-20-24(45)17-25(48)21-56/h2-4,15-16,18,22-28,30,35,37,41,50,59H,5-14,17,19-21,48H2,1H3,(H,51,63)(H,53,62)/t23?,24-,25-,26?,27?,28?,30?,35?,37?/m1/s1. The van der Waals surface area contributed by atoms with Crippen molar-refractivity contribution in [1.82, 2.24) is 34.6 Å². The Morgan fingerprint density at radius 1 is 1.00 bits per heavy atom. The van der Waals surface area contributed by atoms with Crippen molar-refractivity contribution in [2.24, 2.45) is 23.5 Å². The van der Waals surface area contributed by atoms with Crippen molar-refractivity contribution in [3.05, 3.63) is 65.2 Å². The van der Waals surface area contributed by atoms with Gasteiger partial charge in [-0.05, 0) is 95.7 Å². The van der Waals surface area contributed by atoms with E-state index >= 15 is 0 Å². The normalized spacial score (nSPS) is 29.0. The molecule has 5 aliphatic rings. The van der Waals surface area contributed by atoms with Crippen molar-refractivity contribution in [2.45, 2.75) is 114 Å². The number of carbonyl (C=O) groups excluding carboxylic acids is 4. The first-order valence-electron chi connectivity index (χ1n) is 22.2. The van der Waals surface area contributed by atoms with E-state index in [1.54, 1.807) is 34.0 Å². The molecule has 5 atom stereocenters. The smallest absolute Gasteiger partial charge is 0.284 e. The van der Waals surface area contributed by atoms with Crippen molar-refractivity contribution in [3.8, 4) is 0 Å². The van der Waals surface area contributed by atoms with Gasteiger partial charge in [0.2, 0.25) is 5.91 Å². The Bertz CT molecular complexity index is 2370. The van der Waals surface area contributed by atoms with Gasteiger partial charge in [0, 0.05) is 54.9 Å². The first kappa shape index (κ1) is 42.9. The Kier molecular flexibility index (Phi) is 12.0. The molecule has 2 saturated heterocycles. The molecule has 3 aromatic heterocycles. The average molecular weight is 874 g/mol. The third-order valence-electron chi connectivity index (χ3n) is 13.9. The summed E-state index contributed by atoms with van der Waals surface area (Å²) in [7, 11) is 2.15. The van der Waals surface area contributed by atoms with Crippen molar-refractivity contribution in [1.29, 1.82) is 0 Å². The molecule has 0 radical (unpaired) electrons. The van der Waals surface area contributed by atoms with E-state index in [1.165, 1.54) is 16.9 Å². The summed E-state index contributed by atoms with van der Waals surface area (Å²) < 4.78 is 45.9. The van der Waals surface area contributed by atoms with Crippen LogP contribution in [0.25, 0.3) is 5.65 Å². The monoisotopic (exact) mass is 873 g/mol. The van der Waals surface area contributed by atoms with Crippen LogP contribution in [-0.2, 0) is 4.79 Å². The molecule has 3 unspecified atom stereocenters. The summed E-state index contributed by atoms with van der Waals surface area (Å²) in [5, 5.41) is 26.9. The molecular weight excluding hydrogens is 820 g/mol. The number of ketones is 2. The molecule has 63 heavy (non-hydrogen) atoms. The summed E-state index contributed by atoms with van der Waals surface area (Å²) in [6.45, 7) is 1.43. The van der Waals surface area contributed by atoms with Gasteiger partial charge in [0.15, 0.2) is 22.9 Å². The molecule has 0 spiro atoms. The predicted octanol–water partition coefficient (Wildman–Crippen LogP) is 4.92. The van der Waals surface area contributed by atoms with E-state index in [9.17, 15) is 37.5 Å². The maximum atomic E-state index is 14.3. The van der Waals surface area contributed by atoms with Crippen LogP contribution in [0, 0.1) is 17.8 Å². The fourth-order valence-corrected chi connectivity index (χ4v) is 10.6. The van der Waals surface area contributed by atoms with E-state index in [1.807, 2.05) is 6.07 Å². The van der Waals surface area contributed by atoms with Gasteiger partial charge in [-0.1, -0.05) is 12.1 Å². The first-order valence-corrected chi connectivity index (χ1v) is 22.2. The van der Waals surface area contributed by atoms with Crippen LogP contribution < -0.4 is 26.6 Å². The molecule has 16 nitrogen and oxygen atoms in total. The number of hydrogen-bond donors (Lipinski definition) is 5. The second-order valence-electron chi connectivity index (χ2n) is 18.2. The van der Waals surface area contributed by atoms with Gasteiger partial charge in [-0.25, -0.2) is 22.7 Å². The molecule has 19 heteroatoms. The SMILES string of the molecule is CN(CC1CCC(n2cc(NC(=O)c3cnn4ccc(N5C[C@H](N)C[C@@H](F)C5)nc34)c(C(F)F)n2)CC1)C1CCC(Nc2cccc3c2C(=O)C(C2CCC(O)NC2=O)C3=O)CC1. The second kappa shape index (κ2) is 17.6. The lowest BCUT2D eigenvalue weighted by atomic mass is 9.82. The quantitative estimate of drug-likeness (QED) is 0.128. The number of fused-ring (bicyclic) bond motifs is 2. The minimum atomic E-state index is -2.91. The van der Waals surface area contributed by atoms with Gasteiger partial charge in [-0.15, -0.1) is 0 Å². The zero-order valence-electron chi connectivity index (χ0n) is 35.1. The van der Waals surface area contributed by atoms with E-state index in [0.717, 1.165) is 57.9 Å².